The molecule has 0 radical (unpaired) electrons. The van der Waals surface area contributed by atoms with Crippen LogP contribution in [0.2, 0.25) is 5.02 Å². The maximum Gasteiger partial charge on any atom is 0.340 e. The minimum absolute atomic E-state index is 0.0643. The Morgan fingerprint density at radius 3 is 2.29 bits per heavy atom. The van der Waals surface area contributed by atoms with E-state index in [0.29, 0.717) is 10.6 Å². The minimum atomic E-state index is -1.53. The number of halogens is 1. The number of ether oxygens (including phenoxy) is 2. The van der Waals surface area contributed by atoms with Crippen LogP contribution in [0.25, 0.3) is 11.5 Å². The quantitative estimate of drug-likeness (QED) is 0.364. The van der Waals surface area contributed by atoms with E-state index in [1.165, 1.54) is 0 Å². The summed E-state index contributed by atoms with van der Waals surface area (Å²) in [5.74, 6) is -2.25. The van der Waals surface area contributed by atoms with Gasteiger partial charge in [0.15, 0.2) is 0 Å². The highest BCUT2D eigenvalue weighted by molar-refractivity contribution is 7.99. The average Bonchev–Trinajstić information content (AvgIpc) is 3.14. The van der Waals surface area contributed by atoms with Crippen LogP contribution in [0.15, 0.2) is 33.9 Å². The first-order chi connectivity index (χ1) is 13.4. The Morgan fingerprint density at radius 1 is 1.11 bits per heavy atom. The average molecular weight is 428 g/mol. The van der Waals surface area contributed by atoms with Crippen LogP contribution in [-0.4, -0.2) is 53.1 Å². The summed E-state index contributed by atoms with van der Waals surface area (Å²) in [6.07, 6.45) is 0. The van der Waals surface area contributed by atoms with Gasteiger partial charge in [-0.05, 0) is 38.1 Å². The molecule has 2 aromatic rings. The molecule has 0 saturated heterocycles. The largest absolute Gasteiger partial charge is 0.464 e. The van der Waals surface area contributed by atoms with E-state index in [2.05, 4.69) is 15.5 Å². The van der Waals surface area contributed by atoms with Gasteiger partial charge in [-0.25, -0.2) is 9.59 Å². The molecule has 0 aliphatic carbocycles. The summed E-state index contributed by atoms with van der Waals surface area (Å²) in [5.41, 5.74) is 0.679. The van der Waals surface area contributed by atoms with E-state index >= 15 is 0 Å². The Labute approximate surface area is 170 Å². The van der Waals surface area contributed by atoms with Gasteiger partial charge in [0.2, 0.25) is 17.8 Å². The number of rotatable bonds is 9. The highest BCUT2D eigenvalue weighted by Gasteiger charge is 2.31. The summed E-state index contributed by atoms with van der Waals surface area (Å²) in [4.78, 5) is 35.8. The van der Waals surface area contributed by atoms with E-state index in [-0.39, 0.29) is 30.1 Å². The lowest BCUT2D eigenvalue weighted by Gasteiger charge is -2.15. The van der Waals surface area contributed by atoms with Gasteiger partial charge in [-0.2, -0.15) is 0 Å². The molecule has 0 fully saturated rings. The van der Waals surface area contributed by atoms with Crippen molar-refractivity contribution in [1.82, 2.24) is 15.5 Å². The van der Waals surface area contributed by atoms with E-state index in [1.54, 1.807) is 38.1 Å². The van der Waals surface area contributed by atoms with Crippen molar-refractivity contribution < 1.29 is 28.3 Å². The van der Waals surface area contributed by atoms with E-state index in [4.69, 9.17) is 25.5 Å². The number of carbonyl (C=O) groups is 3. The molecule has 0 aliphatic heterocycles. The Balaban J connectivity index is 1.94. The molecule has 0 unspecified atom stereocenters. The third-order valence-corrected chi connectivity index (χ3v) is 4.24. The van der Waals surface area contributed by atoms with Crippen molar-refractivity contribution in [2.75, 3.05) is 19.0 Å². The maximum absolute atomic E-state index is 12.1. The molecule has 1 heterocycles. The second kappa shape index (κ2) is 10.7. The Hall–Kier alpha value is -2.59. The number of thioether (sulfide) groups is 1. The number of nitrogens with one attached hydrogen (secondary N) is 1. The van der Waals surface area contributed by atoms with Crippen molar-refractivity contribution in [2.24, 2.45) is 0 Å². The number of amides is 1. The number of hydrogen-bond donors (Lipinski definition) is 1. The number of carbonyl (C=O) groups excluding carboxylic acids is 3. The summed E-state index contributed by atoms with van der Waals surface area (Å²) >= 11 is 6.79. The Kier molecular flexibility index (Phi) is 8.27. The van der Waals surface area contributed by atoms with Gasteiger partial charge in [-0.3, -0.25) is 4.79 Å². The van der Waals surface area contributed by atoms with Gasteiger partial charge in [-0.1, -0.05) is 23.4 Å². The Morgan fingerprint density at radius 2 is 1.71 bits per heavy atom. The lowest BCUT2D eigenvalue weighted by atomic mass is 10.2. The maximum atomic E-state index is 12.1. The predicted octanol–water partition coefficient (Wildman–Crippen LogP) is 2.09. The van der Waals surface area contributed by atoms with Crippen LogP contribution >= 0.6 is 23.4 Å². The zero-order valence-corrected chi connectivity index (χ0v) is 16.7. The molecule has 0 atom stereocenters. The number of hydrogen-bond acceptors (Lipinski definition) is 9. The molecule has 9 nitrogen and oxygen atoms in total. The number of esters is 2. The lowest BCUT2D eigenvalue weighted by Crippen LogP contribution is -2.48. The van der Waals surface area contributed by atoms with E-state index < -0.39 is 23.9 Å². The van der Waals surface area contributed by atoms with Gasteiger partial charge < -0.3 is 19.2 Å². The van der Waals surface area contributed by atoms with Crippen LogP contribution in [-0.2, 0) is 23.9 Å². The number of benzene rings is 1. The molecular weight excluding hydrogens is 410 g/mol. The van der Waals surface area contributed by atoms with Crippen molar-refractivity contribution >= 4 is 41.2 Å². The van der Waals surface area contributed by atoms with Crippen LogP contribution in [0.4, 0.5) is 0 Å². The predicted molar refractivity (Wildman–Crippen MR) is 101 cm³/mol. The molecule has 1 aromatic carbocycles. The topological polar surface area (TPSA) is 121 Å². The van der Waals surface area contributed by atoms with Gasteiger partial charge in [0.1, 0.15) is 0 Å². The molecule has 1 N–H and O–H groups in total. The van der Waals surface area contributed by atoms with Crippen LogP contribution in [0, 0.1) is 0 Å². The summed E-state index contributed by atoms with van der Waals surface area (Å²) in [5, 5.41) is 10.8. The molecule has 28 heavy (non-hydrogen) atoms. The van der Waals surface area contributed by atoms with E-state index in [1.807, 2.05) is 0 Å². The number of aromatic nitrogens is 2. The lowest BCUT2D eigenvalue weighted by molar-refractivity contribution is -0.159. The zero-order chi connectivity index (χ0) is 20.5. The van der Waals surface area contributed by atoms with Crippen molar-refractivity contribution in [2.45, 2.75) is 25.1 Å². The van der Waals surface area contributed by atoms with Gasteiger partial charge in [-0.15, -0.1) is 10.2 Å². The van der Waals surface area contributed by atoms with Crippen molar-refractivity contribution in [3.8, 4) is 11.5 Å². The molecular formula is C17H18ClN3O6S. The first-order valence-corrected chi connectivity index (χ1v) is 9.65. The van der Waals surface area contributed by atoms with Gasteiger partial charge >= 0.3 is 11.9 Å². The van der Waals surface area contributed by atoms with E-state index in [0.717, 1.165) is 11.8 Å². The zero-order valence-electron chi connectivity index (χ0n) is 15.1. The van der Waals surface area contributed by atoms with Gasteiger partial charge in [0, 0.05) is 10.6 Å². The minimum Gasteiger partial charge on any atom is -0.464 e. The molecule has 0 saturated carbocycles. The fourth-order valence-electron chi connectivity index (χ4n) is 1.97. The van der Waals surface area contributed by atoms with Crippen LogP contribution in [0.1, 0.15) is 13.8 Å². The van der Waals surface area contributed by atoms with Gasteiger partial charge in [0.25, 0.3) is 5.22 Å². The van der Waals surface area contributed by atoms with Crippen LogP contribution in [0.5, 0.6) is 0 Å². The molecule has 150 valence electrons. The van der Waals surface area contributed by atoms with Crippen molar-refractivity contribution in [1.29, 1.82) is 0 Å². The highest BCUT2D eigenvalue weighted by Crippen LogP contribution is 2.24. The second-order valence-corrected chi connectivity index (χ2v) is 6.54. The smallest absolute Gasteiger partial charge is 0.340 e. The summed E-state index contributed by atoms with van der Waals surface area (Å²) in [6.45, 7) is 3.31. The molecule has 2 rings (SSSR count). The SMILES string of the molecule is CCOC(=O)C(NC(=O)CSc1nnc(-c2ccc(Cl)cc2)o1)C(=O)OCC. The van der Waals surface area contributed by atoms with E-state index in [9.17, 15) is 14.4 Å². The first kappa shape index (κ1) is 21.7. The molecule has 0 bridgehead atoms. The summed E-state index contributed by atoms with van der Waals surface area (Å²) in [7, 11) is 0. The van der Waals surface area contributed by atoms with Crippen molar-refractivity contribution in [3.63, 3.8) is 0 Å². The molecule has 0 aliphatic rings. The fourth-order valence-corrected chi connectivity index (χ4v) is 2.67. The third-order valence-electron chi connectivity index (χ3n) is 3.17. The highest BCUT2D eigenvalue weighted by atomic mass is 35.5. The second-order valence-electron chi connectivity index (χ2n) is 5.17. The number of nitrogens with zero attached hydrogens (tertiary/aromatic N) is 2. The van der Waals surface area contributed by atoms with Gasteiger partial charge in [0.05, 0.1) is 19.0 Å². The standard InChI is InChI=1S/C17H18ClN3O6S/c1-3-25-15(23)13(16(24)26-4-2)19-12(22)9-28-17-21-20-14(27-17)10-5-7-11(18)8-6-10/h5-8,13H,3-4,9H2,1-2H3,(H,19,22). The third kappa shape index (κ3) is 6.24. The fraction of sp³-hybridized carbons (Fsp3) is 0.353. The van der Waals surface area contributed by atoms with Crippen molar-refractivity contribution in [3.05, 3.63) is 29.3 Å². The van der Waals surface area contributed by atoms with Crippen LogP contribution < -0.4 is 5.32 Å². The summed E-state index contributed by atoms with van der Waals surface area (Å²) < 4.78 is 15.0. The molecule has 1 aromatic heterocycles. The monoisotopic (exact) mass is 427 g/mol. The molecule has 0 spiro atoms. The molecule has 1 amide bonds. The normalized spacial score (nSPS) is 10.6. The molecule has 11 heteroatoms. The first-order valence-electron chi connectivity index (χ1n) is 8.29. The Bertz CT molecular complexity index is 809. The summed E-state index contributed by atoms with van der Waals surface area (Å²) in [6, 6.07) is 5.29. The van der Waals surface area contributed by atoms with Crippen LogP contribution in [0.3, 0.4) is 0 Å².